The van der Waals surface area contributed by atoms with Crippen LogP contribution in [-0.4, -0.2) is 39.6 Å². The summed E-state index contributed by atoms with van der Waals surface area (Å²) in [6, 6.07) is 17.3. The summed E-state index contributed by atoms with van der Waals surface area (Å²) in [5.74, 6) is 0.538. The number of likely N-dealkylation sites (tertiary alicyclic amines) is 1. The minimum absolute atomic E-state index is 0.0740. The number of amides is 2. The lowest BCUT2D eigenvalue weighted by atomic mass is 10.1. The zero-order valence-corrected chi connectivity index (χ0v) is 17.4. The van der Waals surface area contributed by atoms with Crippen molar-refractivity contribution in [2.75, 3.05) is 18.4 Å². The zero-order chi connectivity index (χ0) is 21.1. The summed E-state index contributed by atoms with van der Waals surface area (Å²) in [6.07, 6.45) is 3.33. The molecule has 0 aliphatic carbocycles. The van der Waals surface area contributed by atoms with E-state index >= 15 is 0 Å². The molecule has 0 radical (unpaired) electrons. The maximum atomic E-state index is 12.7. The monoisotopic (exact) mass is 402 g/mol. The van der Waals surface area contributed by atoms with E-state index in [0.717, 1.165) is 48.4 Å². The number of aromatic nitrogens is 2. The molecule has 154 valence electrons. The Morgan fingerprint density at radius 1 is 0.933 bits per heavy atom. The molecular weight excluding hydrogens is 376 g/mol. The predicted molar refractivity (Wildman–Crippen MR) is 118 cm³/mol. The number of hydrogen-bond acceptors (Lipinski definition) is 3. The maximum absolute atomic E-state index is 12.7. The van der Waals surface area contributed by atoms with Gasteiger partial charge in [-0.1, -0.05) is 30.3 Å². The molecule has 1 aliphatic heterocycles. The molecule has 2 amide bonds. The van der Waals surface area contributed by atoms with Crippen LogP contribution in [-0.2, 0) is 4.79 Å². The predicted octanol–water partition coefficient (Wildman–Crippen LogP) is 4.43. The summed E-state index contributed by atoms with van der Waals surface area (Å²) in [5.41, 5.74) is 4.16. The first kappa shape index (κ1) is 19.9. The normalized spacial score (nSPS) is 13.9. The fourth-order valence-corrected chi connectivity index (χ4v) is 3.97. The molecule has 4 rings (SSSR count). The Balaban J connectivity index is 1.70. The number of hydrogen-bond donors (Lipinski definition) is 1. The van der Waals surface area contributed by atoms with Crippen LogP contribution < -0.4 is 5.32 Å². The summed E-state index contributed by atoms with van der Waals surface area (Å²) in [4.78, 5) is 26.6. The van der Waals surface area contributed by atoms with E-state index in [9.17, 15) is 9.59 Å². The molecule has 3 aromatic rings. The largest absolute Gasteiger partial charge is 0.339 e. The van der Waals surface area contributed by atoms with Crippen LogP contribution >= 0.6 is 0 Å². The number of nitrogens with one attached hydrogen (secondary N) is 1. The molecule has 1 N–H and O–H groups in total. The van der Waals surface area contributed by atoms with Crippen molar-refractivity contribution in [3.05, 3.63) is 65.9 Å². The van der Waals surface area contributed by atoms with E-state index in [1.807, 2.05) is 66.4 Å². The van der Waals surface area contributed by atoms with E-state index in [0.29, 0.717) is 11.4 Å². The van der Waals surface area contributed by atoms with E-state index in [1.54, 1.807) is 4.68 Å². The highest BCUT2D eigenvalue weighted by molar-refractivity contribution is 5.95. The van der Waals surface area contributed by atoms with Gasteiger partial charge in [-0.2, -0.15) is 5.10 Å². The quantitative estimate of drug-likeness (QED) is 0.702. The third-order valence-corrected chi connectivity index (χ3v) is 5.42. The van der Waals surface area contributed by atoms with E-state index in [-0.39, 0.29) is 11.8 Å². The number of rotatable bonds is 4. The lowest BCUT2D eigenvalue weighted by Crippen LogP contribution is -2.35. The van der Waals surface area contributed by atoms with Crippen LogP contribution in [0.3, 0.4) is 0 Å². The van der Waals surface area contributed by atoms with Crippen molar-refractivity contribution in [3.8, 4) is 16.8 Å². The van der Waals surface area contributed by atoms with Crippen molar-refractivity contribution in [1.29, 1.82) is 0 Å². The highest BCUT2D eigenvalue weighted by Crippen LogP contribution is 2.33. The van der Waals surface area contributed by atoms with Crippen LogP contribution in [0, 0.1) is 6.92 Å². The zero-order valence-electron chi connectivity index (χ0n) is 17.4. The number of carbonyl (C=O) groups excluding carboxylic acids is 2. The molecule has 1 saturated heterocycles. The van der Waals surface area contributed by atoms with Crippen molar-refractivity contribution in [3.63, 3.8) is 0 Å². The molecule has 1 aromatic heterocycles. The summed E-state index contributed by atoms with van der Waals surface area (Å²) in [7, 11) is 0. The first-order chi connectivity index (χ1) is 14.5. The molecule has 0 spiro atoms. The second-order valence-corrected chi connectivity index (χ2v) is 7.67. The third-order valence-electron chi connectivity index (χ3n) is 5.42. The molecule has 6 heteroatoms. The number of piperidine rings is 1. The van der Waals surface area contributed by atoms with Crippen LogP contribution in [0.5, 0.6) is 0 Å². The molecule has 0 saturated carbocycles. The van der Waals surface area contributed by atoms with Crippen LogP contribution in [0.15, 0.2) is 54.6 Å². The fourth-order valence-electron chi connectivity index (χ4n) is 3.97. The molecule has 6 nitrogen and oxygen atoms in total. The number of nitrogens with zero attached hydrogens (tertiary/aromatic N) is 3. The summed E-state index contributed by atoms with van der Waals surface area (Å²) in [5, 5.41) is 7.62. The molecular formula is C24H26N4O2. The Morgan fingerprint density at radius 2 is 1.60 bits per heavy atom. The van der Waals surface area contributed by atoms with Crippen LogP contribution in [0.1, 0.15) is 42.2 Å². The Morgan fingerprint density at radius 3 is 2.23 bits per heavy atom. The average Bonchev–Trinajstić information content (AvgIpc) is 3.09. The van der Waals surface area contributed by atoms with E-state index in [1.165, 1.54) is 13.3 Å². The molecule has 2 aromatic carbocycles. The SMILES string of the molecule is CC(=O)Nc1c(-c2ccccc2)c(C)nn1-c1ccc(C(=O)N2CCCCC2)cc1. The summed E-state index contributed by atoms with van der Waals surface area (Å²) < 4.78 is 1.73. The van der Waals surface area contributed by atoms with E-state index in [2.05, 4.69) is 10.4 Å². The Labute approximate surface area is 176 Å². The van der Waals surface area contributed by atoms with Crippen molar-refractivity contribution in [2.45, 2.75) is 33.1 Å². The molecule has 1 fully saturated rings. The summed E-state index contributed by atoms with van der Waals surface area (Å²) in [6.45, 7) is 5.07. The van der Waals surface area contributed by atoms with Gasteiger partial charge in [0, 0.05) is 31.1 Å². The highest BCUT2D eigenvalue weighted by atomic mass is 16.2. The van der Waals surface area contributed by atoms with Crippen LogP contribution in [0.2, 0.25) is 0 Å². The number of aryl methyl sites for hydroxylation is 1. The first-order valence-corrected chi connectivity index (χ1v) is 10.4. The van der Waals surface area contributed by atoms with Crippen LogP contribution in [0.25, 0.3) is 16.8 Å². The third kappa shape index (κ3) is 3.99. The molecule has 2 heterocycles. The van der Waals surface area contributed by atoms with Crippen molar-refractivity contribution < 1.29 is 9.59 Å². The lowest BCUT2D eigenvalue weighted by Gasteiger charge is -2.26. The maximum Gasteiger partial charge on any atom is 0.253 e. The lowest BCUT2D eigenvalue weighted by molar-refractivity contribution is -0.114. The van der Waals surface area contributed by atoms with Gasteiger partial charge in [0.15, 0.2) is 0 Å². The van der Waals surface area contributed by atoms with E-state index < -0.39 is 0 Å². The van der Waals surface area contributed by atoms with Gasteiger partial charge in [-0.3, -0.25) is 9.59 Å². The molecule has 1 aliphatic rings. The van der Waals surface area contributed by atoms with Gasteiger partial charge >= 0.3 is 0 Å². The van der Waals surface area contributed by atoms with Gasteiger partial charge in [-0.05, 0) is 56.0 Å². The Hall–Kier alpha value is -3.41. The van der Waals surface area contributed by atoms with Crippen LogP contribution in [0.4, 0.5) is 5.82 Å². The van der Waals surface area contributed by atoms with Gasteiger partial charge in [0.1, 0.15) is 5.82 Å². The Bertz CT molecular complexity index is 1050. The first-order valence-electron chi connectivity index (χ1n) is 10.4. The average molecular weight is 402 g/mol. The number of carbonyl (C=O) groups is 2. The molecule has 0 unspecified atom stereocenters. The van der Waals surface area contributed by atoms with E-state index in [4.69, 9.17) is 0 Å². The van der Waals surface area contributed by atoms with Gasteiger partial charge < -0.3 is 10.2 Å². The minimum atomic E-state index is -0.162. The topological polar surface area (TPSA) is 67.2 Å². The molecule has 30 heavy (non-hydrogen) atoms. The summed E-state index contributed by atoms with van der Waals surface area (Å²) >= 11 is 0. The molecule has 0 bridgehead atoms. The fraction of sp³-hybridized carbons (Fsp3) is 0.292. The second-order valence-electron chi connectivity index (χ2n) is 7.67. The van der Waals surface area contributed by atoms with Crippen molar-refractivity contribution in [2.24, 2.45) is 0 Å². The van der Waals surface area contributed by atoms with Crippen molar-refractivity contribution >= 4 is 17.6 Å². The highest BCUT2D eigenvalue weighted by Gasteiger charge is 2.21. The molecule has 0 atom stereocenters. The van der Waals surface area contributed by atoms with Gasteiger partial charge in [-0.25, -0.2) is 4.68 Å². The van der Waals surface area contributed by atoms with Gasteiger partial charge in [0.2, 0.25) is 5.91 Å². The minimum Gasteiger partial charge on any atom is -0.339 e. The number of anilines is 1. The smallest absolute Gasteiger partial charge is 0.253 e. The second kappa shape index (κ2) is 8.53. The van der Waals surface area contributed by atoms with Gasteiger partial charge in [0.25, 0.3) is 5.91 Å². The van der Waals surface area contributed by atoms with Gasteiger partial charge in [0.05, 0.1) is 11.4 Å². The standard InChI is InChI=1S/C24H26N4O2/c1-17-22(19-9-5-3-6-10-19)23(25-18(2)29)28(26-17)21-13-11-20(12-14-21)24(30)27-15-7-4-8-16-27/h3,5-6,9-14H,4,7-8,15-16H2,1-2H3,(H,25,29). The number of benzene rings is 2. The van der Waals surface area contributed by atoms with Gasteiger partial charge in [-0.15, -0.1) is 0 Å². The Kier molecular flexibility index (Phi) is 5.65. The van der Waals surface area contributed by atoms with Crippen molar-refractivity contribution in [1.82, 2.24) is 14.7 Å².